The van der Waals surface area contributed by atoms with Crippen LogP contribution in [0.2, 0.25) is 0 Å². The Labute approximate surface area is 297 Å². The highest BCUT2D eigenvalue weighted by atomic mass is 32.1. The second-order valence-corrected chi connectivity index (χ2v) is 13.8. The van der Waals surface area contributed by atoms with Crippen LogP contribution >= 0.6 is 11.3 Å². The summed E-state index contributed by atoms with van der Waals surface area (Å²) in [5.41, 5.74) is 8.91. The fourth-order valence-electron chi connectivity index (χ4n) is 7.45. The number of hydrogen-bond acceptors (Lipinski definition) is 11. The number of fused-ring (bicyclic) bond motifs is 2. The molecule has 0 spiro atoms. The van der Waals surface area contributed by atoms with E-state index in [0.717, 1.165) is 25.1 Å². The number of hydrogen-bond donors (Lipinski definition) is 2. The van der Waals surface area contributed by atoms with Gasteiger partial charge in [0, 0.05) is 35.3 Å². The Morgan fingerprint density at radius 1 is 1.13 bits per heavy atom. The molecule has 272 valence electrons. The van der Waals surface area contributed by atoms with Crippen molar-refractivity contribution in [2.75, 3.05) is 49.7 Å². The molecule has 6 heterocycles. The van der Waals surface area contributed by atoms with Crippen molar-refractivity contribution >= 4 is 49.0 Å². The molecule has 2 aromatic carbocycles. The van der Waals surface area contributed by atoms with Crippen LogP contribution in [0.3, 0.4) is 0 Å². The van der Waals surface area contributed by atoms with E-state index in [1.165, 1.54) is 26.1 Å². The highest BCUT2D eigenvalue weighted by Crippen LogP contribution is 2.53. The van der Waals surface area contributed by atoms with E-state index in [0.29, 0.717) is 29.5 Å². The van der Waals surface area contributed by atoms with Crippen molar-refractivity contribution in [1.82, 2.24) is 19.9 Å². The van der Waals surface area contributed by atoms with Crippen LogP contribution in [0.1, 0.15) is 48.9 Å². The molecule has 0 radical (unpaired) electrons. The molecule has 3 aliphatic heterocycles. The molecule has 3 unspecified atom stereocenters. The lowest BCUT2D eigenvalue weighted by Gasteiger charge is -2.30. The third-order valence-electron chi connectivity index (χ3n) is 9.77. The maximum absolute atomic E-state index is 16.7. The number of halogens is 6. The summed E-state index contributed by atoms with van der Waals surface area (Å²) < 4.78 is 100. The van der Waals surface area contributed by atoms with Gasteiger partial charge in [-0.2, -0.15) is 28.4 Å². The fourth-order valence-corrected chi connectivity index (χ4v) is 8.40. The molecule has 10 nitrogen and oxygen atoms in total. The van der Waals surface area contributed by atoms with Crippen molar-refractivity contribution in [2.24, 2.45) is 0 Å². The van der Waals surface area contributed by atoms with Gasteiger partial charge >= 0.3 is 12.2 Å². The third kappa shape index (κ3) is 5.93. The molecule has 17 heteroatoms. The van der Waals surface area contributed by atoms with Crippen LogP contribution in [0.5, 0.6) is 11.8 Å². The third-order valence-corrected chi connectivity index (χ3v) is 10.8. The van der Waals surface area contributed by atoms with Gasteiger partial charge in [-0.1, -0.05) is 12.1 Å². The lowest BCUT2D eigenvalue weighted by molar-refractivity contribution is -0.138. The zero-order valence-corrected chi connectivity index (χ0v) is 28.7. The SMILES string of the molecule is COc1nc2c3c(c(C(F)(F)F)c(-c4ccc(F)c5sc(N)c(C#N)c45)c(F)c3n1)OCCN2C(C)c1cccnc1N.FC1CC2CCCN2C1. The van der Waals surface area contributed by atoms with Crippen molar-refractivity contribution in [2.45, 2.75) is 50.6 Å². The first-order chi connectivity index (χ1) is 24.8. The molecule has 3 aromatic heterocycles. The summed E-state index contributed by atoms with van der Waals surface area (Å²) in [6.45, 7) is 3.36. The monoisotopic (exact) mass is 742 g/mol. The minimum absolute atomic E-state index is 0.0220. The molecule has 0 saturated carbocycles. The van der Waals surface area contributed by atoms with Crippen molar-refractivity contribution in [3.63, 3.8) is 0 Å². The summed E-state index contributed by atoms with van der Waals surface area (Å²) in [5.74, 6) is -2.83. The summed E-state index contributed by atoms with van der Waals surface area (Å²) in [4.78, 5) is 16.4. The summed E-state index contributed by atoms with van der Waals surface area (Å²) in [6.07, 6.45) is -0.871. The number of nitrogen functional groups attached to an aromatic ring is 2. The predicted octanol–water partition coefficient (Wildman–Crippen LogP) is 7.40. The number of benzene rings is 2. The number of anilines is 3. The van der Waals surface area contributed by atoms with E-state index < -0.39 is 58.0 Å². The number of rotatable bonds is 4. The molecule has 2 saturated heterocycles. The Kier molecular flexibility index (Phi) is 9.16. The largest absolute Gasteiger partial charge is 0.490 e. The molecule has 0 bridgehead atoms. The topological polar surface area (TPSA) is 139 Å². The lowest BCUT2D eigenvalue weighted by Crippen LogP contribution is -2.31. The van der Waals surface area contributed by atoms with Gasteiger partial charge in [0.1, 0.15) is 58.1 Å². The van der Waals surface area contributed by atoms with Gasteiger partial charge in [0.25, 0.3) is 0 Å². The van der Waals surface area contributed by atoms with Gasteiger partial charge in [-0.25, -0.2) is 18.2 Å². The number of thiophene rings is 1. The molecule has 4 N–H and O–H groups in total. The Balaban J connectivity index is 0.000000404. The van der Waals surface area contributed by atoms with E-state index in [9.17, 15) is 14.0 Å². The number of alkyl halides is 4. The number of aromatic nitrogens is 3. The Morgan fingerprint density at radius 3 is 2.62 bits per heavy atom. The van der Waals surface area contributed by atoms with Gasteiger partial charge < -0.3 is 25.8 Å². The zero-order chi connectivity index (χ0) is 37.1. The van der Waals surface area contributed by atoms with Crippen LogP contribution in [0.15, 0.2) is 30.5 Å². The van der Waals surface area contributed by atoms with Crippen LogP contribution in [0, 0.1) is 23.0 Å². The van der Waals surface area contributed by atoms with Crippen molar-refractivity contribution in [3.05, 3.63) is 58.8 Å². The normalized spacial score (nSPS) is 19.1. The summed E-state index contributed by atoms with van der Waals surface area (Å²) in [5, 5.41) is 9.02. The predicted molar refractivity (Wildman–Crippen MR) is 185 cm³/mol. The van der Waals surface area contributed by atoms with E-state index in [4.69, 9.17) is 20.9 Å². The van der Waals surface area contributed by atoms with Gasteiger partial charge in [0.15, 0.2) is 5.82 Å². The molecule has 3 atom stereocenters. The minimum Gasteiger partial charge on any atom is -0.490 e. The van der Waals surface area contributed by atoms with Gasteiger partial charge in [0.05, 0.1) is 35.3 Å². The zero-order valence-electron chi connectivity index (χ0n) is 27.9. The maximum atomic E-state index is 16.7. The Morgan fingerprint density at radius 2 is 1.92 bits per heavy atom. The average Bonchev–Trinajstić information content (AvgIpc) is 3.76. The standard InChI is InChI=1S/C28H20F5N7O2S.C7H12FN/c1-11(12-4-3-7-37-24(12)35)40-8-9-42-22-18-21(38-27(41-2)39-26(18)40)20(30)17(19(22)28(31,32)33)13-5-6-15(29)23-16(13)14(10-34)25(36)43-23;8-6-4-7-2-1-3-9(7)5-6/h3-7,11H,8-9,36H2,1-2H3,(H2,35,37);6-7H,1-5H2. The van der Waals surface area contributed by atoms with Crippen LogP contribution < -0.4 is 25.8 Å². The highest BCUT2D eigenvalue weighted by Gasteiger charge is 2.44. The van der Waals surface area contributed by atoms with E-state index in [1.807, 2.05) is 0 Å². The first-order valence-corrected chi connectivity index (χ1v) is 17.2. The second kappa shape index (κ2) is 13.5. The number of nitrogens with two attached hydrogens (primary N) is 2. The summed E-state index contributed by atoms with van der Waals surface area (Å²) >= 11 is 0.675. The van der Waals surface area contributed by atoms with Gasteiger partial charge in [-0.15, -0.1) is 11.3 Å². The summed E-state index contributed by atoms with van der Waals surface area (Å²) in [7, 11) is 1.23. The molecule has 3 aliphatic rings. The smallest absolute Gasteiger partial charge is 0.420 e. The van der Waals surface area contributed by atoms with Crippen LogP contribution in [0.25, 0.3) is 32.1 Å². The first-order valence-electron chi connectivity index (χ1n) is 16.4. The first kappa shape index (κ1) is 35.3. The Hall–Kier alpha value is -5.08. The number of methoxy groups -OCH3 is 1. The maximum Gasteiger partial charge on any atom is 0.420 e. The molecule has 0 aliphatic carbocycles. The molecule has 8 rings (SSSR count). The van der Waals surface area contributed by atoms with Crippen LogP contribution in [0.4, 0.5) is 43.0 Å². The van der Waals surface area contributed by atoms with Gasteiger partial charge in [0.2, 0.25) is 0 Å². The molecular formula is C35H32F6N8O2S. The molecular weight excluding hydrogens is 710 g/mol. The summed E-state index contributed by atoms with van der Waals surface area (Å²) in [6, 6.07) is 6.74. The van der Waals surface area contributed by atoms with Crippen molar-refractivity contribution < 1.29 is 35.8 Å². The lowest BCUT2D eigenvalue weighted by atomic mass is 9.91. The van der Waals surface area contributed by atoms with E-state index in [1.54, 1.807) is 30.0 Å². The van der Waals surface area contributed by atoms with E-state index in [2.05, 4.69) is 19.9 Å². The fraction of sp³-hybridized carbons (Fsp3) is 0.371. The molecule has 2 fully saturated rings. The van der Waals surface area contributed by atoms with E-state index in [-0.39, 0.29) is 56.8 Å². The molecule has 52 heavy (non-hydrogen) atoms. The van der Waals surface area contributed by atoms with Gasteiger partial charge in [-0.3, -0.25) is 4.90 Å². The highest BCUT2D eigenvalue weighted by molar-refractivity contribution is 7.23. The number of ether oxygens (including phenoxy) is 2. The quantitative estimate of drug-likeness (QED) is 0.179. The number of pyridine rings is 1. The minimum atomic E-state index is -5.18. The van der Waals surface area contributed by atoms with Crippen LogP contribution in [-0.2, 0) is 6.18 Å². The second-order valence-electron chi connectivity index (χ2n) is 12.7. The van der Waals surface area contributed by atoms with Crippen molar-refractivity contribution in [3.8, 4) is 29.0 Å². The Bertz CT molecular complexity index is 2230. The van der Waals surface area contributed by atoms with Crippen molar-refractivity contribution in [1.29, 1.82) is 5.26 Å². The molecule has 5 aromatic rings. The number of nitriles is 1. The van der Waals surface area contributed by atoms with Crippen LogP contribution in [-0.4, -0.2) is 65.4 Å². The van der Waals surface area contributed by atoms with E-state index >= 15 is 17.6 Å². The average molecular weight is 743 g/mol. The molecule has 0 amide bonds. The van der Waals surface area contributed by atoms with Gasteiger partial charge in [-0.05, 0) is 50.4 Å². The number of nitrogens with zero attached hydrogens (tertiary/aromatic N) is 6.